The summed E-state index contributed by atoms with van der Waals surface area (Å²) in [5.74, 6) is 0.0370. The number of benzene rings is 1. The monoisotopic (exact) mass is 327 g/mol. The molecule has 24 heavy (non-hydrogen) atoms. The smallest absolute Gasteiger partial charge is 0.256 e. The highest BCUT2D eigenvalue weighted by atomic mass is 16.5. The molecule has 2 atom stereocenters. The van der Waals surface area contributed by atoms with Crippen molar-refractivity contribution in [2.75, 3.05) is 20.2 Å². The highest BCUT2D eigenvalue weighted by Crippen LogP contribution is 2.26. The number of hydrogen-bond donors (Lipinski definition) is 0. The van der Waals surface area contributed by atoms with Gasteiger partial charge in [0.25, 0.3) is 5.91 Å². The van der Waals surface area contributed by atoms with Crippen LogP contribution in [0.15, 0.2) is 36.4 Å². The van der Waals surface area contributed by atoms with Crippen LogP contribution in [-0.4, -0.2) is 40.8 Å². The van der Waals surface area contributed by atoms with Crippen molar-refractivity contribution < 1.29 is 9.53 Å². The Kier molecular flexibility index (Phi) is 5.00. The summed E-state index contributed by atoms with van der Waals surface area (Å²) >= 11 is 0. The van der Waals surface area contributed by atoms with E-state index in [-0.39, 0.29) is 11.9 Å². The van der Waals surface area contributed by atoms with Gasteiger partial charge in [-0.2, -0.15) is 5.10 Å². The number of aromatic nitrogens is 2. The average molecular weight is 327 g/mol. The summed E-state index contributed by atoms with van der Waals surface area (Å²) in [6.07, 6.45) is 1.50. The van der Waals surface area contributed by atoms with Crippen LogP contribution in [0.5, 0.6) is 0 Å². The molecule has 1 aliphatic rings. The van der Waals surface area contributed by atoms with Gasteiger partial charge >= 0.3 is 0 Å². The first-order valence-electron chi connectivity index (χ1n) is 8.49. The van der Waals surface area contributed by atoms with E-state index in [9.17, 15) is 4.79 Å². The minimum atomic E-state index is -0.537. The van der Waals surface area contributed by atoms with Crippen molar-refractivity contribution in [1.29, 1.82) is 0 Å². The molecule has 128 valence electrons. The maximum atomic E-state index is 13.0. The van der Waals surface area contributed by atoms with E-state index < -0.39 is 6.10 Å². The van der Waals surface area contributed by atoms with Crippen LogP contribution < -0.4 is 0 Å². The maximum absolute atomic E-state index is 13.0. The highest BCUT2D eigenvalue weighted by Gasteiger charge is 2.31. The van der Waals surface area contributed by atoms with Crippen molar-refractivity contribution >= 4 is 5.91 Å². The van der Waals surface area contributed by atoms with E-state index >= 15 is 0 Å². The van der Waals surface area contributed by atoms with Crippen LogP contribution >= 0.6 is 0 Å². The quantitative estimate of drug-likeness (QED) is 0.867. The lowest BCUT2D eigenvalue weighted by molar-refractivity contribution is -0.144. The van der Waals surface area contributed by atoms with Gasteiger partial charge in [0.2, 0.25) is 0 Å². The van der Waals surface area contributed by atoms with Crippen molar-refractivity contribution in [3.8, 4) is 0 Å². The molecule has 1 fully saturated rings. The minimum absolute atomic E-state index is 0.0370. The Hall–Kier alpha value is -2.14. The number of nitrogens with zero attached hydrogens (tertiary/aromatic N) is 3. The molecule has 1 saturated heterocycles. The number of ether oxygens (including phenoxy) is 1. The molecular weight excluding hydrogens is 302 g/mol. The first-order chi connectivity index (χ1) is 11.6. The van der Waals surface area contributed by atoms with Crippen LogP contribution in [0.2, 0.25) is 0 Å². The molecule has 0 aliphatic carbocycles. The molecular formula is C19H25N3O2. The standard InChI is InChI=1S/C19H25N3O2/c1-14-12-15(2)22(20-14)17-10-7-11-21(13-17)19(23)18(24-3)16-8-5-4-6-9-16/h4-6,8-9,12,17-18H,7,10-11,13H2,1-3H3. The van der Waals surface area contributed by atoms with E-state index in [1.54, 1.807) is 7.11 Å². The van der Waals surface area contributed by atoms with Crippen LogP contribution in [-0.2, 0) is 9.53 Å². The number of rotatable bonds is 4. The molecule has 5 heteroatoms. The van der Waals surface area contributed by atoms with Crippen LogP contribution in [0, 0.1) is 13.8 Å². The number of carbonyl (C=O) groups excluding carboxylic acids is 1. The topological polar surface area (TPSA) is 47.4 Å². The van der Waals surface area contributed by atoms with Gasteiger partial charge in [-0.25, -0.2) is 0 Å². The number of piperidine rings is 1. The molecule has 0 saturated carbocycles. The SMILES string of the molecule is COC(C(=O)N1CCCC(n2nc(C)cc2C)C1)c1ccccc1. The fraction of sp³-hybridized carbons (Fsp3) is 0.474. The van der Waals surface area contributed by atoms with Gasteiger partial charge < -0.3 is 9.64 Å². The molecule has 1 amide bonds. The van der Waals surface area contributed by atoms with Gasteiger partial charge in [-0.05, 0) is 38.3 Å². The molecule has 0 radical (unpaired) electrons. The van der Waals surface area contributed by atoms with Gasteiger partial charge in [0, 0.05) is 25.9 Å². The van der Waals surface area contributed by atoms with Crippen molar-refractivity contribution in [1.82, 2.24) is 14.7 Å². The van der Waals surface area contributed by atoms with Gasteiger partial charge in [0.1, 0.15) is 0 Å². The third-order valence-electron chi connectivity index (χ3n) is 4.66. The molecule has 1 aromatic carbocycles. The van der Waals surface area contributed by atoms with Gasteiger partial charge in [-0.1, -0.05) is 30.3 Å². The normalized spacial score (nSPS) is 19.3. The Morgan fingerprint density at radius 3 is 2.67 bits per heavy atom. The number of aryl methyl sites for hydroxylation is 2. The number of likely N-dealkylation sites (tertiary alicyclic amines) is 1. The largest absolute Gasteiger partial charge is 0.367 e. The lowest BCUT2D eigenvalue weighted by Crippen LogP contribution is -2.43. The number of carbonyl (C=O) groups is 1. The zero-order chi connectivity index (χ0) is 17.1. The Labute approximate surface area is 143 Å². The van der Waals surface area contributed by atoms with E-state index in [4.69, 9.17) is 4.74 Å². The predicted molar refractivity (Wildman–Crippen MR) is 92.7 cm³/mol. The summed E-state index contributed by atoms with van der Waals surface area (Å²) in [6.45, 7) is 5.54. The van der Waals surface area contributed by atoms with E-state index in [0.717, 1.165) is 36.3 Å². The molecule has 3 rings (SSSR count). The zero-order valence-corrected chi connectivity index (χ0v) is 14.6. The molecule has 0 bridgehead atoms. The maximum Gasteiger partial charge on any atom is 0.256 e. The third-order valence-corrected chi connectivity index (χ3v) is 4.66. The lowest BCUT2D eigenvalue weighted by atomic mass is 10.0. The van der Waals surface area contributed by atoms with Crippen LogP contribution in [0.3, 0.4) is 0 Å². The third kappa shape index (κ3) is 3.36. The van der Waals surface area contributed by atoms with E-state index in [2.05, 4.69) is 22.8 Å². The zero-order valence-electron chi connectivity index (χ0n) is 14.6. The molecule has 2 heterocycles. The molecule has 2 unspecified atom stereocenters. The summed E-state index contributed by atoms with van der Waals surface area (Å²) < 4.78 is 7.58. The second-order valence-electron chi connectivity index (χ2n) is 6.48. The first kappa shape index (κ1) is 16.7. The fourth-order valence-electron chi connectivity index (χ4n) is 3.54. The van der Waals surface area contributed by atoms with Gasteiger partial charge in [0.15, 0.2) is 6.10 Å². The van der Waals surface area contributed by atoms with E-state index in [0.29, 0.717) is 6.54 Å². The molecule has 1 aliphatic heterocycles. The molecule has 0 N–H and O–H groups in total. The molecule has 5 nitrogen and oxygen atoms in total. The average Bonchev–Trinajstić information content (AvgIpc) is 2.95. The second kappa shape index (κ2) is 7.18. The van der Waals surface area contributed by atoms with Crippen molar-refractivity contribution in [2.45, 2.75) is 38.8 Å². The number of methoxy groups -OCH3 is 1. The van der Waals surface area contributed by atoms with Crippen LogP contribution in [0.25, 0.3) is 0 Å². The Morgan fingerprint density at radius 2 is 2.04 bits per heavy atom. The first-order valence-corrected chi connectivity index (χ1v) is 8.49. The lowest BCUT2D eigenvalue weighted by Gasteiger charge is -2.35. The van der Waals surface area contributed by atoms with Crippen LogP contribution in [0.4, 0.5) is 0 Å². The van der Waals surface area contributed by atoms with E-state index in [1.807, 2.05) is 42.2 Å². The van der Waals surface area contributed by atoms with Crippen molar-refractivity contribution in [3.63, 3.8) is 0 Å². The Balaban J connectivity index is 1.76. The summed E-state index contributed by atoms with van der Waals surface area (Å²) in [5.41, 5.74) is 3.08. The van der Waals surface area contributed by atoms with Gasteiger partial charge in [-0.3, -0.25) is 9.48 Å². The van der Waals surface area contributed by atoms with Crippen molar-refractivity contribution in [2.24, 2.45) is 0 Å². The second-order valence-corrected chi connectivity index (χ2v) is 6.48. The predicted octanol–water partition coefficient (Wildman–Crippen LogP) is 3.05. The van der Waals surface area contributed by atoms with Crippen LogP contribution in [0.1, 0.15) is 41.9 Å². The molecule has 0 spiro atoms. The summed E-state index contributed by atoms with van der Waals surface area (Å²) in [7, 11) is 1.60. The number of hydrogen-bond acceptors (Lipinski definition) is 3. The summed E-state index contributed by atoms with van der Waals surface area (Å²) in [5, 5.41) is 4.60. The van der Waals surface area contributed by atoms with Gasteiger partial charge in [0.05, 0.1) is 11.7 Å². The summed E-state index contributed by atoms with van der Waals surface area (Å²) in [6, 6.07) is 12.0. The highest BCUT2D eigenvalue weighted by molar-refractivity contribution is 5.82. The molecule has 2 aromatic rings. The summed E-state index contributed by atoms with van der Waals surface area (Å²) in [4.78, 5) is 14.9. The van der Waals surface area contributed by atoms with E-state index in [1.165, 1.54) is 0 Å². The van der Waals surface area contributed by atoms with Gasteiger partial charge in [-0.15, -0.1) is 0 Å². The number of amides is 1. The fourth-order valence-corrected chi connectivity index (χ4v) is 3.54. The Morgan fingerprint density at radius 1 is 1.29 bits per heavy atom. The minimum Gasteiger partial charge on any atom is -0.367 e. The molecule has 1 aromatic heterocycles. The Bertz CT molecular complexity index is 696. The van der Waals surface area contributed by atoms with Crippen molar-refractivity contribution in [3.05, 3.63) is 53.3 Å².